The van der Waals surface area contributed by atoms with Crippen LogP contribution in [0.4, 0.5) is 0 Å². The van der Waals surface area contributed by atoms with Crippen molar-refractivity contribution < 1.29 is 14.3 Å². The second-order valence-electron chi connectivity index (χ2n) is 9.55. The Bertz CT molecular complexity index is 835. The Morgan fingerprint density at radius 3 is 2.38 bits per heavy atom. The predicted octanol–water partition coefficient (Wildman–Crippen LogP) is 3.15. The van der Waals surface area contributed by atoms with Gasteiger partial charge in [-0.3, -0.25) is 19.4 Å². The molecule has 2 aliphatic heterocycles. The zero-order valence-electron chi connectivity index (χ0n) is 19.8. The second kappa shape index (κ2) is 12.5. The number of ether oxygens (including phenoxy) is 1. The molecule has 9 heteroatoms. The van der Waals surface area contributed by atoms with Crippen molar-refractivity contribution >= 4 is 35.0 Å². The Kier molecular flexibility index (Phi) is 9.48. The molecule has 188 valence electrons. The highest BCUT2D eigenvalue weighted by Gasteiger charge is 2.37. The van der Waals surface area contributed by atoms with E-state index in [2.05, 4.69) is 15.1 Å². The summed E-state index contributed by atoms with van der Waals surface area (Å²) < 4.78 is 5.40. The lowest BCUT2D eigenvalue weighted by atomic mass is 9.95. The minimum atomic E-state index is -0.104. The van der Waals surface area contributed by atoms with E-state index in [1.54, 1.807) is 18.2 Å². The summed E-state index contributed by atoms with van der Waals surface area (Å²) in [7, 11) is 0. The van der Waals surface area contributed by atoms with E-state index in [4.69, 9.17) is 27.9 Å². The van der Waals surface area contributed by atoms with Crippen LogP contribution in [0.5, 0.6) is 0 Å². The summed E-state index contributed by atoms with van der Waals surface area (Å²) in [5.41, 5.74) is 0.549. The third kappa shape index (κ3) is 6.64. The minimum Gasteiger partial charge on any atom is -0.379 e. The molecule has 2 saturated heterocycles. The number of rotatable bonds is 8. The van der Waals surface area contributed by atoms with Crippen LogP contribution in [0.15, 0.2) is 18.2 Å². The molecule has 3 aliphatic rings. The molecule has 0 spiro atoms. The quantitative estimate of drug-likeness (QED) is 0.544. The highest BCUT2D eigenvalue weighted by Crippen LogP contribution is 2.31. The Labute approximate surface area is 212 Å². The third-order valence-corrected chi connectivity index (χ3v) is 8.07. The molecule has 34 heavy (non-hydrogen) atoms. The van der Waals surface area contributed by atoms with Crippen LogP contribution in [0.1, 0.15) is 42.5 Å². The van der Waals surface area contributed by atoms with E-state index in [0.717, 1.165) is 52.1 Å². The number of morpholine rings is 1. The molecule has 0 bridgehead atoms. The highest BCUT2D eigenvalue weighted by atomic mass is 35.5. The zero-order chi connectivity index (χ0) is 23.9. The van der Waals surface area contributed by atoms with E-state index in [0.29, 0.717) is 54.3 Å². The van der Waals surface area contributed by atoms with Gasteiger partial charge in [0.2, 0.25) is 5.91 Å². The van der Waals surface area contributed by atoms with Gasteiger partial charge in [0.25, 0.3) is 5.91 Å². The van der Waals surface area contributed by atoms with Crippen molar-refractivity contribution in [3.63, 3.8) is 0 Å². The van der Waals surface area contributed by atoms with Gasteiger partial charge in [0.15, 0.2) is 0 Å². The smallest absolute Gasteiger partial charge is 0.253 e. The maximum absolute atomic E-state index is 13.3. The fourth-order valence-corrected chi connectivity index (χ4v) is 5.71. The molecular formula is C25H36Cl2N4O3. The lowest BCUT2D eigenvalue weighted by Crippen LogP contribution is -2.58. The topological polar surface area (TPSA) is 65.1 Å². The molecule has 1 aliphatic carbocycles. The van der Waals surface area contributed by atoms with Gasteiger partial charge in [-0.15, -0.1) is 0 Å². The Hall–Kier alpha value is -1.38. The molecule has 1 atom stereocenters. The van der Waals surface area contributed by atoms with Crippen molar-refractivity contribution in [1.82, 2.24) is 20.0 Å². The summed E-state index contributed by atoms with van der Waals surface area (Å²) in [5, 5.41) is 4.05. The fourth-order valence-electron chi connectivity index (χ4n) is 5.41. The number of nitrogens with one attached hydrogen (secondary N) is 1. The summed E-state index contributed by atoms with van der Waals surface area (Å²) >= 11 is 12.1. The predicted molar refractivity (Wildman–Crippen MR) is 135 cm³/mol. The van der Waals surface area contributed by atoms with Crippen LogP contribution in [0, 0.1) is 5.92 Å². The minimum absolute atomic E-state index is 0.0387. The van der Waals surface area contributed by atoms with E-state index in [1.165, 1.54) is 12.8 Å². The number of hydrogen-bond donors (Lipinski definition) is 1. The first-order valence-corrected chi connectivity index (χ1v) is 13.3. The Balaban J connectivity index is 1.29. The number of hydrogen-bond acceptors (Lipinski definition) is 5. The molecule has 4 rings (SSSR count). The normalized spacial score (nSPS) is 21.5. The number of benzene rings is 1. The van der Waals surface area contributed by atoms with Crippen molar-refractivity contribution in [2.24, 2.45) is 5.92 Å². The van der Waals surface area contributed by atoms with Gasteiger partial charge in [0, 0.05) is 51.4 Å². The van der Waals surface area contributed by atoms with Crippen molar-refractivity contribution in [3.05, 3.63) is 33.8 Å². The van der Waals surface area contributed by atoms with Crippen LogP contribution in [0.2, 0.25) is 10.0 Å². The van der Waals surface area contributed by atoms with Crippen LogP contribution in [-0.4, -0.2) is 98.1 Å². The number of carbonyl (C=O) groups is 2. The fraction of sp³-hybridized carbons (Fsp3) is 0.680. The van der Waals surface area contributed by atoms with E-state index in [-0.39, 0.29) is 17.9 Å². The van der Waals surface area contributed by atoms with Crippen molar-refractivity contribution in [3.8, 4) is 0 Å². The van der Waals surface area contributed by atoms with Gasteiger partial charge in [-0.25, -0.2) is 0 Å². The second-order valence-corrected chi connectivity index (χ2v) is 10.4. The van der Waals surface area contributed by atoms with Gasteiger partial charge in [-0.1, -0.05) is 36.0 Å². The molecule has 1 N–H and O–H groups in total. The summed E-state index contributed by atoms with van der Waals surface area (Å²) in [6, 6.07) is 4.90. The molecule has 1 saturated carbocycles. The van der Waals surface area contributed by atoms with Gasteiger partial charge in [-0.05, 0) is 49.9 Å². The van der Waals surface area contributed by atoms with Crippen molar-refractivity contribution in [2.75, 3.05) is 65.6 Å². The molecule has 1 aromatic rings. The molecule has 0 radical (unpaired) electrons. The van der Waals surface area contributed by atoms with E-state index in [1.807, 2.05) is 4.90 Å². The summed E-state index contributed by atoms with van der Waals surface area (Å²) in [4.78, 5) is 32.8. The van der Waals surface area contributed by atoms with Gasteiger partial charge in [-0.2, -0.15) is 0 Å². The molecule has 2 amide bonds. The van der Waals surface area contributed by atoms with Crippen LogP contribution < -0.4 is 5.32 Å². The largest absolute Gasteiger partial charge is 0.379 e. The number of nitrogens with zero attached hydrogens (tertiary/aromatic N) is 3. The lowest BCUT2D eigenvalue weighted by molar-refractivity contribution is -0.129. The molecule has 1 aromatic carbocycles. The first kappa shape index (κ1) is 25.7. The van der Waals surface area contributed by atoms with Gasteiger partial charge >= 0.3 is 0 Å². The maximum Gasteiger partial charge on any atom is 0.253 e. The van der Waals surface area contributed by atoms with E-state index >= 15 is 0 Å². The Morgan fingerprint density at radius 2 is 1.71 bits per heavy atom. The molecule has 3 fully saturated rings. The van der Waals surface area contributed by atoms with Crippen LogP contribution in [0.25, 0.3) is 0 Å². The first-order valence-electron chi connectivity index (χ1n) is 12.6. The lowest BCUT2D eigenvalue weighted by Gasteiger charge is -2.40. The number of piperazine rings is 1. The SMILES string of the molecule is O=C(NCCCN1CCOCC1)[C@@H](C1CCCC1)N1CCN(C(=O)c2ccc(Cl)c(Cl)c2)CC1. The van der Waals surface area contributed by atoms with E-state index in [9.17, 15) is 9.59 Å². The standard InChI is InChI=1S/C25H36Cl2N4O3/c26-21-7-6-20(18-22(21)27)25(33)31-12-10-30(11-13-31)23(19-4-1-2-5-19)24(32)28-8-3-9-29-14-16-34-17-15-29/h6-7,18-19,23H,1-5,8-17H2,(H,28,32)/t23-/m1/s1. The van der Waals surface area contributed by atoms with Crippen molar-refractivity contribution in [2.45, 2.75) is 38.1 Å². The van der Waals surface area contributed by atoms with Gasteiger partial charge < -0.3 is 15.0 Å². The number of halogens is 2. The maximum atomic E-state index is 13.3. The van der Waals surface area contributed by atoms with Crippen molar-refractivity contribution in [1.29, 1.82) is 0 Å². The van der Waals surface area contributed by atoms with Gasteiger partial charge in [0.1, 0.15) is 0 Å². The third-order valence-electron chi connectivity index (χ3n) is 7.33. The molecule has 2 heterocycles. The Morgan fingerprint density at radius 1 is 1.00 bits per heavy atom. The first-order chi connectivity index (χ1) is 16.5. The number of carbonyl (C=O) groups excluding carboxylic acids is 2. The average molecular weight is 511 g/mol. The molecule has 7 nitrogen and oxygen atoms in total. The monoisotopic (exact) mass is 510 g/mol. The average Bonchev–Trinajstić information content (AvgIpc) is 3.39. The summed E-state index contributed by atoms with van der Waals surface area (Å²) in [6.07, 6.45) is 5.56. The number of amides is 2. The van der Waals surface area contributed by atoms with Crippen LogP contribution in [0.3, 0.4) is 0 Å². The molecule has 0 unspecified atom stereocenters. The highest BCUT2D eigenvalue weighted by molar-refractivity contribution is 6.42. The van der Waals surface area contributed by atoms with E-state index < -0.39 is 0 Å². The summed E-state index contributed by atoms with van der Waals surface area (Å²) in [6.45, 7) is 7.87. The van der Waals surface area contributed by atoms with Crippen LogP contribution in [-0.2, 0) is 9.53 Å². The zero-order valence-corrected chi connectivity index (χ0v) is 21.3. The van der Waals surface area contributed by atoms with Crippen LogP contribution >= 0.6 is 23.2 Å². The summed E-state index contributed by atoms with van der Waals surface area (Å²) in [5.74, 6) is 0.512. The molecular weight excluding hydrogens is 475 g/mol. The molecule has 0 aromatic heterocycles. The van der Waals surface area contributed by atoms with Gasteiger partial charge in [0.05, 0.1) is 29.3 Å².